The number of hydrogen-bond acceptors (Lipinski definition) is 6. The predicted octanol–water partition coefficient (Wildman–Crippen LogP) is 3.77. The first-order valence-electron chi connectivity index (χ1n) is 7.79. The molecule has 0 fully saturated rings. The summed E-state index contributed by atoms with van der Waals surface area (Å²) in [5.41, 5.74) is 1.55. The van der Waals surface area contributed by atoms with E-state index in [9.17, 15) is 9.90 Å². The monoisotopic (exact) mass is 348 g/mol. The summed E-state index contributed by atoms with van der Waals surface area (Å²) in [6, 6.07) is 14.7. The maximum atomic E-state index is 12.1. The number of esters is 1. The molecule has 6 heteroatoms. The molecular weight excluding hydrogens is 332 g/mol. The number of rotatable bonds is 5. The molecule has 0 saturated carbocycles. The van der Waals surface area contributed by atoms with Crippen molar-refractivity contribution < 1.29 is 19.4 Å². The van der Waals surface area contributed by atoms with E-state index in [4.69, 9.17) is 9.47 Å². The van der Waals surface area contributed by atoms with E-state index in [2.05, 4.69) is 9.98 Å². The van der Waals surface area contributed by atoms with Gasteiger partial charge in [-0.2, -0.15) is 0 Å². The normalized spacial score (nSPS) is 10.7. The van der Waals surface area contributed by atoms with E-state index < -0.39 is 5.97 Å². The van der Waals surface area contributed by atoms with Gasteiger partial charge in [0.2, 0.25) is 0 Å². The number of hydrogen-bond donors (Lipinski definition) is 1. The van der Waals surface area contributed by atoms with Gasteiger partial charge in [0.05, 0.1) is 24.6 Å². The minimum Gasteiger partial charge on any atom is -0.507 e. The molecule has 0 amide bonds. The lowest BCUT2D eigenvalue weighted by Gasteiger charge is -2.07. The Kier molecular flexibility index (Phi) is 5.24. The number of phenolic OH excluding ortho intramolecular Hbond substituents is 1. The Morgan fingerprint density at radius 3 is 2.54 bits per heavy atom. The molecule has 0 saturated heterocycles. The fourth-order valence-corrected chi connectivity index (χ4v) is 2.16. The molecule has 3 aromatic rings. The van der Waals surface area contributed by atoms with Gasteiger partial charge in [-0.3, -0.25) is 9.98 Å². The first kappa shape index (κ1) is 17.2. The number of nitrogens with zero attached hydrogens (tertiary/aromatic N) is 2. The third kappa shape index (κ3) is 4.24. The van der Waals surface area contributed by atoms with Gasteiger partial charge in [-0.1, -0.05) is 0 Å². The molecule has 0 spiro atoms. The van der Waals surface area contributed by atoms with Crippen molar-refractivity contribution in [2.75, 3.05) is 7.11 Å². The molecule has 0 radical (unpaired) electrons. The zero-order chi connectivity index (χ0) is 18.4. The second-order valence-corrected chi connectivity index (χ2v) is 5.31. The van der Waals surface area contributed by atoms with Gasteiger partial charge in [-0.15, -0.1) is 0 Å². The number of carbonyl (C=O) groups excluding carboxylic acids is 1. The predicted molar refractivity (Wildman–Crippen MR) is 97.6 cm³/mol. The lowest BCUT2D eigenvalue weighted by atomic mass is 10.2. The number of benzene rings is 2. The van der Waals surface area contributed by atoms with Crippen LogP contribution >= 0.6 is 0 Å². The standard InChI is InChI=1S/C20H16N2O4/c1-25-17-7-4-14(5-8-17)20(24)26-18-9-6-15(19(23)11-18)12-22-16-3-2-10-21-13-16/h2-13,23H,1H3. The van der Waals surface area contributed by atoms with Crippen LogP contribution in [0, 0.1) is 0 Å². The third-order valence-corrected chi connectivity index (χ3v) is 3.54. The van der Waals surface area contributed by atoms with E-state index >= 15 is 0 Å². The fraction of sp³-hybridized carbons (Fsp3) is 0.0500. The summed E-state index contributed by atoms with van der Waals surface area (Å²) in [7, 11) is 1.55. The highest BCUT2D eigenvalue weighted by Crippen LogP contribution is 2.24. The van der Waals surface area contributed by atoms with Crippen LogP contribution in [0.3, 0.4) is 0 Å². The summed E-state index contributed by atoms with van der Waals surface area (Å²) in [5.74, 6) is 0.319. The molecule has 0 aliphatic heterocycles. The van der Waals surface area contributed by atoms with E-state index in [1.54, 1.807) is 68.0 Å². The molecule has 6 nitrogen and oxygen atoms in total. The van der Waals surface area contributed by atoms with Gasteiger partial charge in [0.25, 0.3) is 0 Å². The number of pyridine rings is 1. The number of aliphatic imine (C=N–C) groups is 1. The van der Waals surface area contributed by atoms with Crippen LogP contribution in [0.1, 0.15) is 15.9 Å². The van der Waals surface area contributed by atoms with Crippen LogP contribution in [-0.2, 0) is 0 Å². The van der Waals surface area contributed by atoms with Crippen LogP contribution < -0.4 is 9.47 Å². The lowest BCUT2D eigenvalue weighted by molar-refractivity contribution is 0.0734. The van der Waals surface area contributed by atoms with E-state index in [1.165, 1.54) is 12.3 Å². The maximum Gasteiger partial charge on any atom is 0.343 e. The topological polar surface area (TPSA) is 81.0 Å². The van der Waals surface area contributed by atoms with Crippen molar-refractivity contribution in [1.82, 2.24) is 4.98 Å². The van der Waals surface area contributed by atoms with Crippen LogP contribution in [0.5, 0.6) is 17.2 Å². The zero-order valence-corrected chi connectivity index (χ0v) is 14.0. The van der Waals surface area contributed by atoms with Crippen molar-refractivity contribution >= 4 is 17.9 Å². The number of phenols is 1. The molecule has 0 bridgehead atoms. The van der Waals surface area contributed by atoms with E-state index in [0.29, 0.717) is 22.6 Å². The number of carbonyl (C=O) groups is 1. The average Bonchev–Trinajstić information content (AvgIpc) is 2.68. The smallest absolute Gasteiger partial charge is 0.343 e. The van der Waals surface area contributed by atoms with Gasteiger partial charge < -0.3 is 14.6 Å². The van der Waals surface area contributed by atoms with Crippen molar-refractivity contribution in [2.45, 2.75) is 0 Å². The molecule has 3 rings (SSSR count). The molecule has 0 unspecified atom stereocenters. The van der Waals surface area contributed by atoms with Crippen LogP contribution in [-0.4, -0.2) is 29.4 Å². The lowest BCUT2D eigenvalue weighted by Crippen LogP contribution is -2.08. The van der Waals surface area contributed by atoms with Crippen molar-refractivity contribution in [1.29, 1.82) is 0 Å². The van der Waals surface area contributed by atoms with Crippen LogP contribution in [0.2, 0.25) is 0 Å². The Bertz CT molecular complexity index is 922. The summed E-state index contributed by atoms with van der Waals surface area (Å²) in [6.07, 6.45) is 4.78. The van der Waals surface area contributed by atoms with Crippen LogP contribution in [0.15, 0.2) is 72.0 Å². The largest absolute Gasteiger partial charge is 0.507 e. The zero-order valence-electron chi connectivity index (χ0n) is 14.0. The Morgan fingerprint density at radius 1 is 1.12 bits per heavy atom. The van der Waals surface area contributed by atoms with Gasteiger partial charge >= 0.3 is 5.97 Å². The number of ether oxygens (including phenoxy) is 2. The quantitative estimate of drug-likeness (QED) is 0.431. The van der Waals surface area contributed by atoms with Crippen molar-refractivity contribution in [2.24, 2.45) is 4.99 Å². The van der Waals surface area contributed by atoms with E-state index in [0.717, 1.165) is 0 Å². The highest BCUT2D eigenvalue weighted by Gasteiger charge is 2.10. The second kappa shape index (κ2) is 7.94. The Hall–Kier alpha value is -3.67. The molecule has 130 valence electrons. The molecule has 1 aromatic heterocycles. The number of aromatic hydroxyl groups is 1. The average molecular weight is 348 g/mol. The summed E-state index contributed by atoms with van der Waals surface area (Å²) < 4.78 is 10.3. The third-order valence-electron chi connectivity index (χ3n) is 3.54. The number of aromatic nitrogens is 1. The highest BCUT2D eigenvalue weighted by molar-refractivity contribution is 5.91. The highest BCUT2D eigenvalue weighted by atomic mass is 16.5. The molecule has 0 aliphatic rings. The van der Waals surface area contributed by atoms with E-state index in [1.807, 2.05) is 0 Å². The molecule has 0 atom stereocenters. The first-order chi connectivity index (χ1) is 12.7. The molecule has 1 N–H and O–H groups in total. The fourth-order valence-electron chi connectivity index (χ4n) is 2.16. The maximum absolute atomic E-state index is 12.1. The van der Waals surface area contributed by atoms with Gasteiger partial charge in [0.1, 0.15) is 17.2 Å². The summed E-state index contributed by atoms with van der Waals surface area (Å²) in [4.78, 5) is 20.3. The minimum absolute atomic E-state index is 0.0438. The van der Waals surface area contributed by atoms with Gasteiger partial charge in [-0.05, 0) is 48.5 Å². The first-order valence-corrected chi connectivity index (χ1v) is 7.79. The Labute approximate surface area is 150 Å². The second-order valence-electron chi connectivity index (χ2n) is 5.31. The van der Waals surface area contributed by atoms with Gasteiger partial charge in [-0.25, -0.2) is 4.79 Å². The Morgan fingerprint density at radius 2 is 1.88 bits per heavy atom. The van der Waals surface area contributed by atoms with Crippen molar-refractivity contribution in [3.63, 3.8) is 0 Å². The van der Waals surface area contributed by atoms with Crippen molar-refractivity contribution in [3.8, 4) is 17.2 Å². The Balaban J connectivity index is 1.70. The molecule has 0 aliphatic carbocycles. The molecular formula is C20H16N2O4. The van der Waals surface area contributed by atoms with Crippen LogP contribution in [0.25, 0.3) is 0 Å². The summed E-state index contributed by atoms with van der Waals surface area (Å²) in [5, 5.41) is 10.1. The molecule has 26 heavy (non-hydrogen) atoms. The SMILES string of the molecule is COc1ccc(C(=O)Oc2ccc(C=Nc3cccnc3)c(O)c2)cc1. The number of methoxy groups -OCH3 is 1. The summed E-state index contributed by atoms with van der Waals surface area (Å²) >= 11 is 0. The van der Waals surface area contributed by atoms with E-state index in [-0.39, 0.29) is 11.5 Å². The van der Waals surface area contributed by atoms with Crippen molar-refractivity contribution in [3.05, 3.63) is 78.1 Å². The van der Waals surface area contributed by atoms with Crippen LogP contribution in [0.4, 0.5) is 5.69 Å². The molecule has 2 aromatic carbocycles. The van der Waals surface area contributed by atoms with Gasteiger partial charge in [0, 0.05) is 24.0 Å². The summed E-state index contributed by atoms with van der Waals surface area (Å²) in [6.45, 7) is 0. The van der Waals surface area contributed by atoms with Gasteiger partial charge in [0.15, 0.2) is 0 Å². The minimum atomic E-state index is -0.524. The molecule has 1 heterocycles.